The van der Waals surface area contributed by atoms with E-state index < -0.39 is 0 Å². The van der Waals surface area contributed by atoms with Crippen molar-refractivity contribution in [3.8, 4) is 16.6 Å². The summed E-state index contributed by atoms with van der Waals surface area (Å²) in [6.45, 7) is 0. The average Bonchev–Trinajstić information content (AvgIpc) is 3.09. The molecule has 3 aromatic heterocycles. The van der Waals surface area contributed by atoms with Crippen LogP contribution in [0.2, 0.25) is 0 Å². The van der Waals surface area contributed by atoms with Gasteiger partial charge < -0.3 is 9.26 Å². The average molecular weight is 273 g/mol. The molecule has 3 rings (SSSR count). The molecule has 0 spiro atoms. The fourth-order valence-corrected chi connectivity index (χ4v) is 2.31. The Kier molecular flexibility index (Phi) is 3.24. The summed E-state index contributed by atoms with van der Waals surface area (Å²) in [7, 11) is 1.59. The van der Waals surface area contributed by atoms with Crippen molar-refractivity contribution in [2.45, 2.75) is 6.42 Å². The summed E-state index contributed by atoms with van der Waals surface area (Å²) in [4.78, 5) is 9.66. The highest BCUT2D eigenvalue weighted by Gasteiger charge is 2.10. The van der Waals surface area contributed by atoms with Gasteiger partial charge >= 0.3 is 0 Å². The second-order valence-electron chi connectivity index (χ2n) is 3.84. The van der Waals surface area contributed by atoms with Gasteiger partial charge in [0.05, 0.1) is 24.1 Å². The van der Waals surface area contributed by atoms with Gasteiger partial charge in [-0.2, -0.15) is 4.98 Å². The first-order valence-corrected chi connectivity index (χ1v) is 6.59. The molecule has 6 heteroatoms. The van der Waals surface area contributed by atoms with Crippen molar-refractivity contribution in [2.24, 2.45) is 0 Å². The van der Waals surface area contributed by atoms with Gasteiger partial charge in [0.1, 0.15) is 0 Å². The van der Waals surface area contributed by atoms with E-state index in [1.807, 2.05) is 29.6 Å². The highest BCUT2D eigenvalue weighted by atomic mass is 32.1. The molecule has 0 amide bonds. The van der Waals surface area contributed by atoms with Gasteiger partial charge in [-0.3, -0.25) is 0 Å². The van der Waals surface area contributed by atoms with E-state index in [2.05, 4.69) is 15.1 Å². The van der Waals surface area contributed by atoms with Crippen molar-refractivity contribution in [1.29, 1.82) is 0 Å². The lowest BCUT2D eigenvalue weighted by atomic mass is 10.3. The molecule has 0 aromatic carbocycles. The molecule has 0 aliphatic rings. The first-order chi connectivity index (χ1) is 9.35. The number of pyridine rings is 1. The monoisotopic (exact) mass is 273 g/mol. The van der Waals surface area contributed by atoms with Gasteiger partial charge in [0, 0.05) is 6.07 Å². The van der Waals surface area contributed by atoms with Crippen molar-refractivity contribution in [3.63, 3.8) is 0 Å². The van der Waals surface area contributed by atoms with E-state index in [1.165, 1.54) is 0 Å². The van der Waals surface area contributed by atoms with Crippen LogP contribution < -0.4 is 4.74 Å². The van der Waals surface area contributed by atoms with Crippen molar-refractivity contribution in [2.75, 3.05) is 7.11 Å². The zero-order valence-corrected chi connectivity index (χ0v) is 11.1. The molecule has 0 aliphatic carbocycles. The molecule has 0 saturated heterocycles. The fraction of sp³-hybridized carbons (Fsp3) is 0.154. The lowest BCUT2D eigenvalue weighted by Crippen LogP contribution is -1.95. The maximum absolute atomic E-state index is 5.23. The molecule has 3 heterocycles. The van der Waals surface area contributed by atoms with Gasteiger partial charge in [-0.05, 0) is 17.5 Å². The van der Waals surface area contributed by atoms with E-state index in [0.29, 0.717) is 24.0 Å². The first-order valence-electron chi connectivity index (χ1n) is 5.71. The van der Waals surface area contributed by atoms with E-state index in [9.17, 15) is 0 Å². The Morgan fingerprint density at radius 1 is 1.21 bits per heavy atom. The van der Waals surface area contributed by atoms with E-state index in [0.717, 1.165) is 10.6 Å². The molecule has 0 radical (unpaired) electrons. The molecule has 0 aliphatic heterocycles. The minimum Gasteiger partial charge on any atom is -0.481 e. The van der Waals surface area contributed by atoms with Crippen LogP contribution in [0, 0.1) is 0 Å². The van der Waals surface area contributed by atoms with Crippen molar-refractivity contribution >= 4 is 11.3 Å². The maximum Gasteiger partial charge on any atom is 0.233 e. The summed E-state index contributed by atoms with van der Waals surface area (Å²) in [6, 6.07) is 9.51. The zero-order chi connectivity index (χ0) is 13.1. The lowest BCUT2D eigenvalue weighted by molar-refractivity contribution is 0.381. The third-order valence-electron chi connectivity index (χ3n) is 2.53. The van der Waals surface area contributed by atoms with Crippen LogP contribution >= 0.6 is 11.3 Å². The number of thiophene rings is 1. The van der Waals surface area contributed by atoms with E-state index >= 15 is 0 Å². The Morgan fingerprint density at radius 3 is 2.95 bits per heavy atom. The standard InChI is InChI=1S/C13H11N3O2S/c1-17-11-6-2-4-9(14-11)8-12-15-13(16-18-12)10-5-3-7-19-10/h2-7H,8H2,1H3. The van der Waals surface area contributed by atoms with Gasteiger partial charge in [-0.1, -0.05) is 17.3 Å². The van der Waals surface area contributed by atoms with Gasteiger partial charge in [0.15, 0.2) is 0 Å². The minimum absolute atomic E-state index is 0.496. The number of methoxy groups -OCH3 is 1. The van der Waals surface area contributed by atoms with Gasteiger partial charge in [-0.15, -0.1) is 11.3 Å². The molecule has 0 fully saturated rings. The summed E-state index contributed by atoms with van der Waals surface area (Å²) < 4.78 is 10.3. The van der Waals surface area contributed by atoms with Gasteiger partial charge in [0.2, 0.25) is 17.6 Å². The summed E-state index contributed by atoms with van der Waals surface area (Å²) in [5.74, 6) is 1.74. The number of hydrogen-bond donors (Lipinski definition) is 0. The molecule has 0 N–H and O–H groups in total. The normalized spacial score (nSPS) is 10.6. The smallest absolute Gasteiger partial charge is 0.233 e. The van der Waals surface area contributed by atoms with Gasteiger partial charge in [-0.25, -0.2) is 4.98 Å². The Balaban J connectivity index is 1.80. The quantitative estimate of drug-likeness (QED) is 0.731. The Bertz CT molecular complexity index is 664. The Labute approximate surface area is 113 Å². The third kappa shape index (κ3) is 2.63. The Morgan fingerprint density at radius 2 is 2.16 bits per heavy atom. The predicted octanol–water partition coefficient (Wildman–Crippen LogP) is 2.79. The second-order valence-corrected chi connectivity index (χ2v) is 4.78. The lowest BCUT2D eigenvalue weighted by Gasteiger charge is -2.00. The van der Waals surface area contributed by atoms with Crippen molar-refractivity contribution < 1.29 is 9.26 Å². The molecule has 19 heavy (non-hydrogen) atoms. The zero-order valence-electron chi connectivity index (χ0n) is 10.2. The summed E-state index contributed by atoms with van der Waals surface area (Å²) in [5.41, 5.74) is 0.834. The molecule has 0 bridgehead atoms. The predicted molar refractivity (Wildman–Crippen MR) is 71.2 cm³/mol. The Hall–Kier alpha value is -2.21. The summed E-state index contributed by atoms with van der Waals surface area (Å²) in [5, 5.41) is 5.94. The molecular weight excluding hydrogens is 262 g/mol. The van der Waals surface area contributed by atoms with Crippen molar-refractivity contribution in [1.82, 2.24) is 15.1 Å². The molecule has 0 unspecified atom stereocenters. The third-order valence-corrected chi connectivity index (χ3v) is 3.40. The fourth-order valence-electron chi connectivity index (χ4n) is 1.66. The SMILES string of the molecule is COc1cccc(Cc2nc(-c3cccs3)no2)n1. The van der Waals surface area contributed by atoms with Crippen LogP contribution in [-0.2, 0) is 6.42 Å². The molecular formula is C13H11N3O2S. The molecule has 0 atom stereocenters. The van der Waals surface area contributed by atoms with Crippen LogP contribution in [0.3, 0.4) is 0 Å². The largest absolute Gasteiger partial charge is 0.481 e. The molecule has 0 saturated carbocycles. The topological polar surface area (TPSA) is 61.0 Å². The van der Waals surface area contributed by atoms with Crippen LogP contribution in [0.15, 0.2) is 40.2 Å². The number of hydrogen-bond acceptors (Lipinski definition) is 6. The van der Waals surface area contributed by atoms with Crippen molar-refractivity contribution in [3.05, 3.63) is 47.3 Å². The maximum atomic E-state index is 5.23. The molecule has 96 valence electrons. The van der Waals surface area contributed by atoms with Crippen LogP contribution in [0.4, 0.5) is 0 Å². The van der Waals surface area contributed by atoms with E-state index in [-0.39, 0.29) is 0 Å². The second kappa shape index (κ2) is 5.19. The number of ether oxygens (including phenoxy) is 1. The summed E-state index contributed by atoms with van der Waals surface area (Å²) in [6.07, 6.45) is 0.496. The highest BCUT2D eigenvalue weighted by Crippen LogP contribution is 2.22. The molecule has 5 nitrogen and oxygen atoms in total. The number of nitrogens with zero attached hydrogens (tertiary/aromatic N) is 3. The first kappa shape index (κ1) is 11.9. The number of aromatic nitrogens is 3. The number of rotatable bonds is 4. The van der Waals surface area contributed by atoms with E-state index in [1.54, 1.807) is 24.5 Å². The highest BCUT2D eigenvalue weighted by molar-refractivity contribution is 7.13. The van der Waals surface area contributed by atoms with Crippen LogP contribution in [0.25, 0.3) is 10.7 Å². The van der Waals surface area contributed by atoms with Crippen LogP contribution in [0.5, 0.6) is 5.88 Å². The van der Waals surface area contributed by atoms with Crippen LogP contribution in [-0.4, -0.2) is 22.2 Å². The summed E-state index contributed by atoms with van der Waals surface area (Å²) >= 11 is 1.58. The van der Waals surface area contributed by atoms with E-state index in [4.69, 9.17) is 9.26 Å². The van der Waals surface area contributed by atoms with Gasteiger partial charge in [0.25, 0.3) is 0 Å². The molecule has 3 aromatic rings. The van der Waals surface area contributed by atoms with Crippen LogP contribution in [0.1, 0.15) is 11.6 Å². The minimum atomic E-state index is 0.496.